The van der Waals surface area contributed by atoms with E-state index in [-0.39, 0.29) is 0 Å². The molecule has 0 aliphatic rings. The van der Waals surface area contributed by atoms with Gasteiger partial charge in [0.2, 0.25) is 0 Å². The first-order valence-corrected chi connectivity index (χ1v) is 7.06. The first-order valence-electron chi connectivity index (χ1n) is 7.06. The number of rotatable bonds is 2. The second-order valence-corrected chi connectivity index (χ2v) is 5.26. The first kappa shape index (κ1) is 12.6. The maximum absolute atomic E-state index is 9.48. The summed E-state index contributed by atoms with van der Waals surface area (Å²) in [6.07, 6.45) is 0. The largest absolute Gasteiger partial charge is 0.327 e. The van der Waals surface area contributed by atoms with Gasteiger partial charge in [-0.15, -0.1) is 10.2 Å². The highest BCUT2D eigenvalue weighted by atomic mass is 15.2. The van der Waals surface area contributed by atoms with E-state index >= 15 is 0 Å². The SMILES string of the molecule is Cc1nnc2ccc3c(cc(C#N)n3Cc3ccccc3)n12. The Bertz CT molecular complexity index is 1020. The maximum atomic E-state index is 9.48. The number of aryl methyl sites for hydroxylation is 1. The lowest BCUT2D eigenvalue weighted by molar-refractivity contribution is 0.823. The van der Waals surface area contributed by atoms with E-state index < -0.39 is 0 Å². The summed E-state index contributed by atoms with van der Waals surface area (Å²) in [7, 11) is 0. The third-order valence-corrected chi connectivity index (χ3v) is 3.90. The van der Waals surface area contributed by atoms with Crippen LogP contribution < -0.4 is 0 Å². The van der Waals surface area contributed by atoms with Crippen molar-refractivity contribution < 1.29 is 0 Å². The van der Waals surface area contributed by atoms with Gasteiger partial charge >= 0.3 is 0 Å². The molecule has 0 N–H and O–H groups in total. The van der Waals surface area contributed by atoms with E-state index in [4.69, 9.17) is 0 Å². The average molecular weight is 287 g/mol. The number of nitriles is 1. The van der Waals surface area contributed by atoms with Gasteiger partial charge < -0.3 is 4.57 Å². The van der Waals surface area contributed by atoms with E-state index in [1.807, 2.05) is 52.3 Å². The van der Waals surface area contributed by atoms with E-state index in [0.29, 0.717) is 12.2 Å². The van der Waals surface area contributed by atoms with Crippen molar-refractivity contribution in [3.05, 3.63) is 65.6 Å². The summed E-state index contributed by atoms with van der Waals surface area (Å²) in [5.74, 6) is 0.821. The molecule has 106 valence electrons. The van der Waals surface area contributed by atoms with Crippen molar-refractivity contribution in [1.29, 1.82) is 5.26 Å². The van der Waals surface area contributed by atoms with E-state index in [2.05, 4.69) is 28.4 Å². The Kier molecular flexibility index (Phi) is 2.70. The van der Waals surface area contributed by atoms with Crippen molar-refractivity contribution >= 4 is 16.7 Å². The molecule has 0 aliphatic heterocycles. The van der Waals surface area contributed by atoms with Crippen molar-refractivity contribution in [3.63, 3.8) is 0 Å². The predicted octanol–water partition coefficient (Wildman–Crippen LogP) is 2.91. The number of benzene rings is 1. The number of pyridine rings is 1. The van der Waals surface area contributed by atoms with Gasteiger partial charge in [0.1, 0.15) is 17.6 Å². The molecule has 0 unspecified atom stereocenters. The molecule has 5 heteroatoms. The number of fused-ring (bicyclic) bond motifs is 3. The lowest BCUT2D eigenvalue weighted by Crippen LogP contribution is -2.02. The molecular formula is C17H13N5. The topological polar surface area (TPSA) is 58.9 Å². The van der Waals surface area contributed by atoms with Gasteiger partial charge in [-0.1, -0.05) is 30.3 Å². The van der Waals surface area contributed by atoms with Gasteiger partial charge in [-0.05, 0) is 30.7 Å². The molecule has 5 nitrogen and oxygen atoms in total. The Morgan fingerprint density at radius 1 is 1.05 bits per heavy atom. The van der Waals surface area contributed by atoms with Crippen LogP contribution >= 0.6 is 0 Å². The third-order valence-electron chi connectivity index (χ3n) is 3.90. The maximum Gasteiger partial charge on any atom is 0.161 e. The number of aromatic nitrogens is 4. The third kappa shape index (κ3) is 1.78. The second-order valence-electron chi connectivity index (χ2n) is 5.26. The summed E-state index contributed by atoms with van der Waals surface area (Å²) in [5, 5.41) is 17.7. The van der Waals surface area contributed by atoms with Gasteiger partial charge in [-0.3, -0.25) is 4.40 Å². The molecule has 3 aromatic heterocycles. The fourth-order valence-electron chi connectivity index (χ4n) is 2.87. The molecule has 22 heavy (non-hydrogen) atoms. The summed E-state index contributed by atoms with van der Waals surface area (Å²) in [6.45, 7) is 2.58. The number of hydrogen-bond donors (Lipinski definition) is 0. The van der Waals surface area contributed by atoms with Crippen molar-refractivity contribution in [2.45, 2.75) is 13.5 Å². The molecule has 0 radical (unpaired) electrons. The zero-order chi connectivity index (χ0) is 15.1. The molecule has 4 rings (SSSR count). The Morgan fingerprint density at radius 2 is 1.86 bits per heavy atom. The highest BCUT2D eigenvalue weighted by Gasteiger charge is 2.13. The van der Waals surface area contributed by atoms with E-state index in [1.54, 1.807) is 0 Å². The van der Waals surface area contributed by atoms with Crippen molar-refractivity contribution in [1.82, 2.24) is 19.2 Å². The fourth-order valence-corrected chi connectivity index (χ4v) is 2.87. The van der Waals surface area contributed by atoms with Crippen molar-refractivity contribution in [3.8, 4) is 6.07 Å². The molecule has 0 atom stereocenters. The molecule has 4 aromatic rings. The van der Waals surface area contributed by atoms with E-state index in [1.165, 1.54) is 0 Å². The Balaban J connectivity index is 1.99. The Labute approximate surface area is 127 Å². The highest BCUT2D eigenvalue weighted by Crippen LogP contribution is 2.23. The van der Waals surface area contributed by atoms with Gasteiger partial charge in [-0.25, -0.2) is 0 Å². The minimum absolute atomic E-state index is 0.638. The van der Waals surface area contributed by atoms with Gasteiger partial charge in [0.15, 0.2) is 5.65 Å². The van der Waals surface area contributed by atoms with E-state index in [9.17, 15) is 5.26 Å². The minimum Gasteiger partial charge on any atom is -0.327 e. The highest BCUT2D eigenvalue weighted by molar-refractivity contribution is 5.82. The van der Waals surface area contributed by atoms with Crippen LogP contribution in [0, 0.1) is 18.3 Å². The van der Waals surface area contributed by atoms with Crippen molar-refractivity contribution in [2.75, 3.05) is 0 Å². The molecule has 3 heterocycles. The minimum atomic E-state index is 0.638. The average Bonchev–Trinajstić information content (AvgIpc) is 3.09. The van der Waals surface area contributed by atoms with Gasteiger partial charge in [-0.2, -0.15) is 5.26 Å². The lowest BCUT2D eigenvalue weighted by Gasteiger charge is -2.07. The van der Waals surface area contributed by atoms with E-state index in [0.717, 1.165) is 28.1 Å². The molecule has 0 fully saturated rings. The van der Waals surface area contributed by atoms with Crippen LogP contribution in [0.4, 0.5) is 0 Å². The van der Waals surface area contributed by atoms with Gasteiger partial charge in [0, 0.05) is 6.54 Å². The van der Waals surface area contributed by atoms with Crippen LogP contribution in [-0.2, 0) is 6.54 Å². The number of hydrogen-bond acceptors (Lipinski definition) is 3. The predicted molar refractivity (Wildman–Crippen MR) is 83.5 cm³/mol. The monoisotopic (exact) mass is 287 g/mol. The number of nitrogens with zero attached hydrogens (tertiary/aromatic N) is 5. The standard InChI is InChI=1S/C17H13N5/c1-12-19-20-17-8-7-15-16(22(12)17)9-14(10-18)21(15)11-13-5-3-2-4-6-13/h2-9H,11H2,1H3. The smallest absolute Gasteiger partial charge is 0.161 e. The van der Waals surface area contributed by atoms with Crippen LogP contribution in [0.5, 0.6) is 0 Å². The Morgan fingerprint density at radius 3 is 2.64 bits per heavy atom. The molecule has 0 spiro atoms. The fraction of sp³-hybridized carbons (Fsp3) is 0.118. The molecule has 0 aliphatic carbocycles. The zero-order valence-corrected chi connectivity index (χ0v) is 12.1. The quantitative estimate of drug-likeness (QED) is 0.569. The molecule has 0 saturated carbocycles. The van der Waals surface area contributed by atoms with Crippen LogP contribution in [0.25, 0.3) is 16.7 Å². The summed E-state index contributed by atoms with van der Waals surface area (Å²) >= 11 is 0. The summed E-state index contributed by atoms with van der Waals surface area (Å²) < 4.78 is 4.02. The molecule has 0 saturated heterocycles. The van der Waals surface area contributed by atoms with Crippen LogP contribution in [0.2, 0.25) is 0 Å². The Hall–Kier alpha value is -3.13. The van der Waals surface area contributed by atoms with Crippen LogP contribution in [-0.4, -0.2) is 19.2 Å². The van der Waals surface area contributed by atoms with Gasteiger partial charge in [0.05, 0.1) is 11.0 Å². The van der Waals surface area contributed by atoms with Crippen LogP contribution in [0.1, 0.15) is 17.1 Å². The first-order chi connectivity index (χ1) is 10.8. The summed E-state index contributed by atoms with van der Waals surface area (Å²) in [5.41, 5.74) is 4.58. The molecule has 0 bridgehead atoms. The summed E-state index contributed by atoms with van der Waals surface area (Å²) in [4.78, 5) is 0. The second kappa shape index (κ2) is 4.71. The normalized spacial score (nSPS) is 11.1. The molecular weight excluding hydrogens is 274 g/mol. The van der Waals surface area contributed by atoms with Crippen molar-refractivity contribution in [2.24, 2.45) is 0 Å². The van der Waals surface area contributed by atoms with Crippen LogP contribution in [0.3, 0.4) is 0 Å². The van der Waals surface area contributed by atoms with Gasteiger partial charge in [0.25, 0.3) is 0 Å². The molecule has 0 amide bonds. The summed E-state index contributed by atoms with van der Waals surface area (Å²) in [6, 6.07) is 18.3. The lowest BCUT2D eigenvalue weighted by atomic mass is 10.2. The molecule has 1 aromatic carbocycles. The zero-order valence-electron chi connectivity index (χ0n) is 12.1. The van der Waals surface area contributed by atoms with Crippen LogP contribution in [0.15, 0.2) is 48.5 Å².